The Bertz CT molecular complexity index is 1150. The minimum Gasteiger partial charge on any atom is -0.465 e. The van der Waals surface area contributed by atoms with Gasteiger partial charge in [0.2, 0.25) is 0 Å². The molecule has 0 spiro atoms. The van der Waals surface area contributed by atoms with Crippen molar-refractivity contribution in [2.45, 2.75) is 19.9 Å². The van der Waals surface area contributed by atoms with Crippen LogP contribution in [-0.2, 0) is 4.79 Å². The van der Waals surface area contributed by atoms with Crippen molar-refractivity contribution >= 4 is 17.7 Å². The molecule has 1 N–H and O–H groups in total. The number of nitrogens with zero attached hydrogens (tertiary/aromatic N) is 4. The summed E-state index contributed by atoms with van der Waals surface area (Å²) in [6.45, 7) is 4.14. The van der Waals surface area contributed by atoms with Crippen molar-refractivity contribution < 1.29 is 9.21 Å². The molecule has 2 heterocycles. The van der Waals surface area contributed by atoms with Crippen molar-refractivity contribution in [2.24, 2.45) is 5.92 Å². The Morgan fingerprint density at radius 1 is 1.00 bits per heavy atom. The lowest BCUT2D eigenvalue weighted by Crippen LogP contribution is -2.34. The van der Waals surface area contributed by atoms with Crippen LogP contribution in [0.3, 0.4) is 0 Å². The minimum absolute atomic E-state index is 0.176. The highest BCUT2D eigenvalue weighted by molar-refractivity contribution is 6.18. The van der Waals surface area contributed by atoms with E-state index in [0.29, 0.717) is 11.6 Å². The first-order valence-corrected chi connectivity index (χ1v) is 10.1. The fraction of sp³-hybridized carbons (Fsp3) is 0.167. The van der Waals surface area contributed by atoms with Gasteiger partial charge in [0.05, 0.1) is 12.3 Å². The lowest BCUT2D eigenvalue weighted by atomic mass is 9.96. The van der Waals surface area contributed by atoms with Gasteiger partial charge in [0.1, 0.15) is 11.5 Å². The first-order valence-electron chi connectivity index (χ1n) is 10.1. The third-order valence-electron chi connectivity index (χ3n) is 4.90. The van der Waals surface area contributed by atoms with Crippen molar-refractivity contribution in [3.8, 4) is 11.4 Å². The highest BCUT2D eigenvalue weighted by atomic mass is 16.3. The SMILES string of the molecule is CC(C)C(NC(=O)/C(=C/c1ccco1)n1nnnc1-c1ccccc1)c1ccccc1. The molecule has 0 fully saturated rings. The van der Waals surface area contributed by atoms with E-state index >= 15 is 0 Å². The molecule has 0 saturated carbocycles. The molecular weight excluding hydrogens is 390 g/mol. The number of amides is 1. The first kappa shape index (κ1) is 20.3. The predicted molar refractivity (Wildman–Crippen MR) is 118 cm³/mol. The van der Waals surface area contributed by atoms with Crippen molar-refractivity contribution in [2.75, 3.05) is 0 Å². The van der Waals surface area contributed by atoms with Crippen molar-refractivity contribution in [3.63, 3.8) is 0 Å². The Kier molecular flexibility index (Phi) is 6.03. The summed E-state index contributed by atoms with van der Waals surface area (Å²) >= 11 is 0. The standard InChI is InChI=1S/C24H23N5O2/c1-17(2)22(18-10-5-3-6-11-18)25-24(30)21(16-20-14-9-15-31-20)29-23(26-27-28-29)19-12-7-4-8-13-19/h3-17,22H,1-2H3,(H,25,30)/b21-16-. The van der Waals surface area contributed by atoms with Crippen molar-refractivity contribution in [1.29, 1.82) is 0 Å². The van der Waals surface area contributed by atoms with Crippen LogP contribution in [0.25, 0.3) is 23.2 Å². The Labute approximate surface area is 180 Å². The number of tetrazole rings is 1. The van der Waals surface area contributed by atoms with E-state index in [2.05, 4.69) is 34.7 Å². The first-order chi connectivity index (χ1) is 15.1. The molecule has 4 aromatic rings. The average Bonchev–Trinajstić information content (AvgIpc) is 3.48. The average molecular weight is 413 g/mol. The fourth-order valence-corrected chi connectivity index (χ4v) is 3.36. The number of carbonyl (C=O) groups is 1. The summed E-state index contributed by atoms with van der Waals surface area (Å²) in [6, 6.07) is 22.8. The Morgan fingerprint density at radius 3 is 2.35 bits per heavy atom. The third kappa shape index (κ3) is 4.61. The van der Waals surface area contributed by atoms with Gasteiger partial charge in [0.15, 0.2) is 5.82 Å². The van der Waals surface area contributed by atoms with Gasteiger partial charge in [0, 0.05) is 11.6 Å². The maximum atomic E-state index is 13.5. The number of furan rings is 1. The molecule has 2 aromatic carbocycles. The third-order valence-corrected chi connectivity index (χ3v) is 4.90. The molecule has 31 heavy (non-hydrogen) atoms. The summed E-state index contributed by atoms with van der Waals surface area (Å²) in [7, 11) is 0. The number of carbonyl (C=O) groups excluding carboxylic acids is 1. The zero-order chi connectivity index (χ0) is 21.6. The lowest BCUT2D eigenvalue weighted by molar-refractivity contribution is -0.117. The van der Waals surface area contributed by atoms with E-state index in [1.54, 1.807) is 24.5 Å². The van der Waals surface area contributed by atoms with Crippen LogP contribution in [0.5, 0.6) is 0 Å². The van der Waals surface area contributed by atoms with Crippen LogP contribution in [0.4, 0.5) is 0 Å². The summed E-state index contributed by atoms with van der Waals surface area (Å²) in [5.74, 6) is 0.872. The van der Waals surface area contributed by atoms with E-state index in [-0.39, 0.29) is 23.6 Å². The second-order valence-corrected chi connectivity index (χ2v) is 7.43. The Balaban J connectivity index is 1.74. The summed E-state index contributed by atoms with van der Waals surface area (Å²) in [5.41, 5.74) is 2.10. The lowest BCUT2D eigenvalue weighted by Gasteiger charge is -2.23. The van der Waals surface area contributed by atoms with E-state index in [1.165, 1.54) is 4.68 Å². The molecule has 7 nitrogen and oxygen atoms in total. The monoisotopic (exact) mass is 413 g/mol. The predicted octanol–water partition coefficient (Wildman–Crippen LogP) is 4.44. The number of benzene rings is 2. The van der Waals surface area contributed by atoms with Gasteiger partial charge in [0.25, 0.3) is 5.91 Å². The molecule has 7 heteroatoms. The molecule has 1 atom stereocenters. The second kappa shape index (κ2) is 9.21. The fourth-order valence-electron chi connectivity index (χ4n) is 3.36. The molecule has 0 radical (unpaired) electrons. The second-order valence-electron chi connectivity index (χ2n) is 7.43. The highest BCUT2D eigenvalue weighted by Gasteiger charge is 2.24. The van der Waals surface area contributed by atoms with Crippen LogP contribution in [0.2, 0.25) is 0 Å². The molecule has 4 rings (SSSR count). The molecule has 0 aliphatic rings. The normalized spacial score (nSPS) is 12.7. The summed E-state index contributed by atoms with van der Waals surface area (Å²) in [4.78, 5) is 13.5. The number of hydrogen-bond donors (Lipinski definition) is 1. The molecule has 156 valence electrons. The summed E-state index contributed by atoms with van der Waals surface area (Å²) in [6.07, 6.45) is 3.19. The van der Waals surface area contributed by atoms with Crippen LogP contribution >= 0.6 is 0 Å². The van der Waals surface area contributed by atoms with Gasteiger partial charge in [-0.05, 0) is 34.0 Å². The summed E-state index contributed by atoms with van der Waals surface area (Å²) in [5, 5.41) is 15.2. The van der Waals surface area contributed by atoms with E-state index in [9.17, 15) is 4.79 Å². The molecule has 1 amide bonds. The molecule has 0 aliphatic heterocycles. The van der Waals surface area contributed by atoms with Crippen molar-refractivity contribution in [1.82, 2.24) is 25.5 Å². The van der Waals surface area contributed by atoms with E-state index < -0.39 is 0 Å². The molecule has 2 aromatic heterocycles. The highest BCUT2D eigenvalue weighted by Crippen LogP contribution is 2.25. The van der Waals surface area contributed by atoms with E-state index in [1.807, 2.05) is 60.7 Å². The Morgan fingerprint density at radius 2 is 1.71 bits per heavy atom. The number of rotatable bonds is 7. The smallest absolute Gasteiger partial charge is 0.270 e. The van der Waals surface area contributed by atoms with Crippen LogP contribution in [0.1, 0.15) is 31.2 Å². The quantitative estimate of drug-likeness (QED) is 0.453. The van der Waals surface area contributed by atoms with E-state index in [0.717, 1.165) is 11.1 Å². The molecular formula is C24H23N5O2. The van der Waals surface area contributed by atoms with Crippen molar-refractivity contribution in [3.05, 3.63) is 90.4 Å². The van der Waals surface area contributed by atoms with Gasteiger partial charge in [-0.2, -0.15) is 4.68 Å². The van der Waals surface area contributed by atoms with Crippen LogP contribution in [-0.4, -0.2) is 26.1 Å². The molecule has 0 bridgehead atoms. The molecule has 0 saturated heterocycles. The summed E-state index contributed by atoms with van der Waals surface area (Å²) < 4.78 is 6.90. The van der Waals surface area contributed by atoms with Gasteiger partial charge in [-0.25, -0.2) is 0 Å². The zero-order valence-electron chi connectivity index (χ0n) is 17.3. The van der Waals surface area contributed by atoms with Gasteiger partial charge in [-0.3, -0.25) is 4.79 Å². The number of hydrogen-bond acceptors (Lipinski definition) is 5. The number of nitrogens with one attached hydrogen (secondary N) is 1. The maximum absolute atomic E-state index is 13.5. The van der Waals surface area contributed by atoms with Gasteiger partial charge >= 0.3 is 0 Å². The molecule has 0 aliphatic carbocycles. The minimum atomic E-state index is -0.302. The van der Waals surface area contributed by atoms with Gasteiger partial charge in [-0.1, -0.05) is 74.5 Å². The van der Waals surface area contributed by atoms with E-state index in [4.69, 9.17) is 4.42 Å². The Hall–Kier alpha value is -4.00. The zero-order valence-corrected chi connectivity index (χ0v) is 17.3. The topological polar surface area (TPSA) is 85.8 Å². The number of aromatic nitrogens is 4. The van der Waals surface area contributed by atoms with Crippen LogP contribution in [0.15, 0.2) is 83.5 Å². The molecule has 1 unspecified atom stereocenters. The van der Waals surface area contributed by atoms with Gasteiger partial charge in [-0.15, -0.1) is 5.10 Å². The van der Waals surface area contributed by atoms with Crippen LogP contribution < -0.4 is 5.32 Å². The van der Waals surface area contributed by atoms with Gasteiger partial charge < -0.3 is 9.73 Å². The maximum Gasteiger partial charge on any atom is 0.270 e. The largest absolute Gasteiger partial charge is 0.465 e. The van der Waals surface area contributed by atoms with Crippen LogP contribution in [0, 0.1) is 5.92 Å².